The molecule has 0 spiro atoms. The molecule has 1 aliphatic rings. The number of likely N-dealkylation sites (N-methyl/N-ethyl adjacent to an activating group) is 1. The molecule has 1 aromatic rings. The van der Waals surface area contributed by atoms with Crippen molar-refractivity contribution in [3.63, 3.8) is 0 Å². The summed E-state index contributed by atoms with van der Waals surface area (Å²) in [6, 6.07) is 5.94. The second-order valence-corrected chi connectivity index (χ2v) is 6.30. The summed E-state index contributed by atoms with van der Waals surface area (Å²) >= 11 is 3.43. The van der Waals surface area contributed by atoms with Gasteiger partial charge in [-0.15, -0.1) is 0 Å². The summed E-state index contributed by atoms with van der Waals surface area (Å²) in [6.07, 6.45) is 4.28. The molecule has 0 saturated heterocycles. The Kier molecular flexibility index (Phi) is 4.83. The van der Waals surface area contributed by atoms with E-state index in [1.54, 1.807) is 13.2 Å². The molecule has 5 heteroatoms. The molecule has 4 nitrogen and oxygen atoms in total. The van der Waals surface area contributed by atoms with E-state index in [1.165, 1.54) is 4.90 Å². The first kappa shape index (κ1) is 15.8. The molecule has 1 fully saturated rings. The average Bonchev–Trinajstić information content (AvgIpc) is 3.27. The third-order valence-corrected chi connectivity index (χ3v) is 4.12. The third-order valence-electron chi connectivity index (χ3n) is 3.63. The number of aldehydes is 1. The summed E-state index contributed by atoms with van der Waals surface area (Å²) in [5, 5.41) is 0. The van der Waals surface area contributed by atoms with Gasteiger partial charge in [-0.3, -0.25) is 9.59 Å². The zero-order chi connectivity index (χ0) is 15.6. The lowest BCUT2D eigenvalue weighted by atomic mass is 10.2. The van der Waals surface area contributed by atoms with Crippen molar-refractivity contribution in [2.24, 2.45) is 5.92 Å². The summed E-state index contributed by atoms with van der Waals surface area (Å²) < 4.78 is 1.01. The number of anilines is 1. The van der Waals surface area contributed by atoms with Crippen molar-refractivity contribution < 1.29 is 9.59 Å². The van der Waals surface area contributed by atoms with E-state index in [1.807, 2.05) is 37.1 Å². The van der Waals surface area contributed by atoms with Gasteiger partial charge in [-0.05, 0) is 43.5 Å². The van der Waals surface area contributed by atoms with E-state index >= 15 is 0 Å². The van der Waals surface area contributed by atoms with E-state index in [-0.39, 0.29) is 11.8 Å². The van der Waals surface area contributed by atoms with Crippen LogP contribution in [0.1, 0.15) is 18.4 Å². The molecule has 2 rings (SSSR count). The maximum Gasteiger partial charge on any atom is 0.229 e. The van der Waals surface area contributed by atoms with Gasteiger partial charge in [0.25, 0.3) is 0 Å². The van der Waals surface area contributed by atoms with Gasteiger partial charge in [0.1, 0.15) is 0 Å². The molecule has 0 aliphatic heterocycles. The lowest BCUT2D eigenvalue weighted by molar-refractivity contribution is -0.130. The van der Waals surface area contributed by atoms with Crippen LogP contribution in [0.4, 0.5) is 5.69 Å². The first-order valence-electron chi connectivity index (χ1n) is 6.87. The Morgan fingerprint density at radius 2 is 2.00 bits per heavy atom. The number of allylic oxidation sites excluding steroid dienone is 1. The van der Waals surface area contributed by atoms with Gasteiger partial charge < -0.3 is 9.80 Å². The smallest absolute Gasteiger partial charge is 0.229 e. The Bertz CT molecular complexity index is 594. The van der Waals surface area contributed by atoms with Gasteiger partial charge in [0.2, 0.25) is 5.91 Å². The zero-order valence-electron chi connectivity index (χ0n) is 12.5. The highest BCUT2D eigenvalue weighted by Crippen LogP contribution is 2.31. The molecule has 1 aliphatic carbocycles. The maximum atomic E-state index is 12.0. The number of benzene rings is 1. The number of hydrogen-bond donors (Lipinski definition) is 0. The van der Waals surface area contributed by atoms with E-state index in [4.69, 9.17) is 0 Å². The van der Waals surface area contributed by atoms with Crippen LogP contribution in [0.5, 0.6) is 0 Å². The number of carbonyl (C=O) groups excluding carboxylic acids is 2. The fourth-order valence-corrected chi connectivity index (χ4v) is 2.69. The third kappa shape index (κ3) is 3.73. The number of aryl methyl sites for hydroxylation is 1. The minimum absolute atomic E-state index is 0.0225. The Labute approximate surface area is 133 Å². The summed E-state index contributed by atoms with van der Waals surface area (Å²) in [4.78, 5) is 26.7. The molecule has 0 radical (unpaired) electrons. The van der Waals surface area contributed by atoms with Crippen LogP contribution in [0, 0.1) is 12.8 Å². The van der Waals surface area contributed by atoms with Gasteiger partial charge in [-0.1, -0.05) is 15.9 Å². The quantitative estimate of drug-likeness (QED) is 0.605. The van der Waals surface area contributed by atoms with Gasteiger partial charge >= 0.3 is 0 Å². The molecular weight excluding hydrogens is 332 g/mol. The first-order chi connectivity index (χ1) is 9.93. The summed E-state index contributed by atoms with van der Waals surface area (Å²) in [5.74, 6) is 0.118. The molecule has 1 saturated carbocycles. The predicted octanol–water partition coefficient (Wildman–Crippen LogP) is 3.10. The molecule has 0 N–H and O–H groups in total. The zero-order valence-corrected chi connectivity index (χ0v) is 14.1. The van der Waals surface area contributed by atoms with E-state index in [2.05, 4.69) is 15.9 Å². The van der Waals surface area contributed by atoms with E-state index < -0.39 is 0 Å². The molecule has 0 bridgehead atoms. The molecule has 0 aromatic heterocycles. The predicted molar refractivity (Wildman–Crippen MR) is 86.9 cm³/mol. The van der Waals surface area contributed by atoms with Gasteiger partial charge in [0.15, 0.2) is 6.29 Å². The number of rotatable bonds is 5. The van der Waals surface area contributed by atoms with E-state index in [0.29, 0.717) is 5.70 Å². The maximum absolute atomic E-state index is 12.0. The lowest BCUT2D eigenvalue weighted by Gasteiger charge is -2.22. The standard InChI is InChI=1S/C16H19BrN2O2/c1-11-8-13(17)6-7-15(11)18(2)9-14(10-20)19(3)16(21)12-4-5-12/h6-10,12H,4-5H2,1-3H3/b14-9+. The minimum Gasteiger partial charge on any atom is -0.349 e. The summed E-state index contributed by atoms with van der Waals surface area (Å²) in [6.45, 7) is 2.00. The highest BCUT2D eigenvalue weighted by atomic mass is 79.9. The molecule has 0 unspecified atom stereocenters. The fourth-order valence-electron chi connectivity index (χ4n) is 2.21. The molecule has 112 valence electrons. The average molecular weight is 351 g/mol. The fraction of sp³-hybridized carbons (Fsp3) is 0.375. The van der Waals surface area contributed by atoms with Crippen LogP contribution >= 0.6 is 15.9 Å². The number of amides is 1. The minimum atomic E-state index is 0.0225. The van der Waals surface area contributed by atoms with Crippen molar-refractivity contribution in [2.75, 3.05) is 19.0 Å². The van der Waals surface area contributed by atoms with E-state index in [9.17, 15) is 9.59 Å². The number of carbonyl (C=O) groups is 2. The Morgan fingerprint density at radius 1 is 1.33 bits per heavy atom. The SMILES string of the molecule is Cc1cc(Br)ccc1N(C)/C=C(\C=O)N(C)C(=O)C1CC1. The highest BCUT2D eigenvalue weighted by Gasteiger charge is 2.33. The lowest BCUT2D eigenvalue weighted by Crippen LogP contribution is -2.29. The van der Waals surface area contributed by atoms with Crippen molar-refractivity contribution in [1.29, 1.82) is 0 Å². The molecule has 21 heavy (non-hydrogen) atoms. The first-order valence-corrected chi connectivity index (χ1v) is 7.67. The van der Waals surface area contributed by atoms with Crippen molar-refractivity contribution in [3.05, 3.63) is 40.1 Å². The van der Waals surface area contributed by atoms with Crippen molar-refractivity contribution in [1.82, 2.24) is 4.90 Å². The van der Waals surface area contributed by atoms with Crippen LogP contribution in [0.25, 0.3) is 0 Å². The number of halogens is 1. The van der Waals surface area contributed by atoms with Gasteiger partial charge in [0.05, 0.1) is 5.70 Å². The highest BCUT2D eigenvalue weighted by molar-refractivity contribution is 9.10. The second-order valence-electron chi connectivity index (χ2n) is 5.39. The molecule has 0 heterocycles. The molecule has 0 atom stereocenters. The molecule has 1 amide bonds. The summed E-state index contributed by atoms with van der Waals surface area (Å²) in [7, 11) is 3.53. The Morgan fingerprint density at radius 3 is 2.52 bits per heavy atom. The summed E-state index contributed by atoms with van der Waals surface area (Å²) in [5.41, 5.74) is 2.45. The van der Waals surface area contributed by atoms with Crippen LogP contribution in [0.2, 0.25) is 0 Å². The largest absolute Gasteiger partial charge is 0.349 e. The topological polar surface area (TPSA) is 40.6 Å². The molecule has 1 aromatic carbocycles. The van der Waals surface area contributed by atoms with Crippen LogP contribution in [-0.2, 0) is 9.59 Å². The number of nitrogens with zero attached hydrogens (tertiary/aromatic N) is 2. The van der Waals surface area contributed by atoms with Crippen LogP contribution in [-0.4, -0.2) is 31.2 Å². The van der Waals surface area contributed by atoms with Crippen LogP contribution < -0.4 is 4.90 Å². The number of hydrogen-bond acceptors (Lipinski definition) is 3. The van der Waals surface area contributed by atoms with Crippen LogP contribution in [0.3, 0.4) is 0 Å². The van der Waals surface area contributed by atoms with Crippen LogP contribution in [0.15, 0.2) is 34.6 Å². The van der Waals surface area contributed by atoms with Gasteiger partial charge in [-0.25, -0.2) is 0 Å². The van der Waals surface area contributed by atoms with Crippen molar-refractivity contribution >= 4 is 33.8 Å². The Balaban J connectivity index is 2.21. The second kappa shape index (κ2) is 6.43. The van der Waals surface area contributed by atoms with Gasteiger partial charge in [-0.2, -0.15) is 0 Å². The van der Waals surface area contributed by atoms with Crippen molar-refractivity contribution in [2.45, 2.75) is 19.8 Å². The van der Waals surface area contributed by atoms with Crippen molar-refractivity contribution in [3.8, 4) is 0 Å². The normalized spacial score (nSPS) is 14.8. The monoisotopic (exact) mass is 350 g/mol. The van der Waals surface area contributed by atoms with E-state index in [0.717, 1.165) is 34.9 Å². The van der Waals surface area contributed by atoms with Gasteiger partial charge in [0, 0.05) is 36.4 Å². The Hall–Kier alpha value is -1.62. The molecular formula is C16H19BrN2O2.